The minimum absolute atomic E-state index is 0.229. The van der Waals surface area contributed by atoms with Gasteiger partial charge in [-0.2, -0.15) is 13.2 Å². The Kier molecular flexibility index (Phi) is 6.15. The number of nitrogens with one attached hydrogen (secondary N) is 1. The topological polar surface area (TPSA) is 89.9 Å². The summed E-state index contributed by atoms with van der Waals surface area (Å²) in [6.07, 6.45) is -3.74. The number of esters is 1. The van der Waals surface area contributed by atoms with Gasteiger partial charge >= 0.3 is 12.1 Å². The van der Waals surface area contributed by atoms with Crippen LogP contribution in [-0.2, 0) is 23.2 Å². The summed E-state index contributed by atoms with van der Waals surface area (Å²) in [5.41, 5.74) is 0.383. The molecule has 0 aliphatic rings. The third-order valence-electron chi connectivity index (χ3n) is 5.00. The van der Waals surface area contributed by atoms with Gasteiger partial charge in [0.05, 0.1) is 45.9 Å². The third kappa shape index (κ3) is 4.58. The molecular formula is C22H19F3N4O3S. The minimum Gasteiger partial charge on any atom is -0.465 e. The van der Waals surface area contributed by atoms with Crippen molar-refractivity contribution in [1.82, 2.24) is 19.5 Å². The molecule has 2 heterocycles. The van der Waals surface area contributed by atoms with Crippen LogP contribution in [0, 0.1) is 0 Å². The van der Waals surface area contributed by atoms with Gasteiger partial charge in [-0.05, 0) is 42.8 Å². The number of thioether (sulfide) groups is 1. The van der Waals surface area contributed by atoms with Crippen LogP contribution in [0.4, 0.5) is 13.2 Å². The maximum absolute atomic E-state index is 13.2. The summed E-state index contributed by atoms with van der Waals surface area (Å²) in [5, 5.41) is 0.853. The molecule has 0 bridgehead atoms. The van der Waals surface area contributed by atoms with Crippen LogP contribution in [0.25, 0.3) is 21.9 Å². The van der Waals surface area contributed by atoms with E-state index in [-0.39, 0.29) is 16.9 Å². The largest absolute Gasteiger partial charge is 0.465 e. The van der Waals surface area contributed by atoms with Crippen molar-refractivity contribution in [3.05, 3.63) is 63.7 Å². The van der Waals surface area contributed by atoms with E-state index < -0.39 is 17.7 Å². The normalized spacial score (nSPS) is 11.9. The summed E-state index contributed by atoms with van der Waals surface area (Å²) < 4.78 is 46.0. The lowest BCUT2D eigenvalue weighted by molar-refractivity contribution is -0.137. The smallest absolute Gasteiger partial charge is 0.416 e. The molecule has 0 atom stereocenters. The van der Waals surface area contributed by atoms with Crippen molar-refractivity contribution in [2.75, 3.05) is 7.11 Å². The number of carbonyl (C=O) groups excluding carboxylic acids is 1. The molecule has 0 spiro atoms. The van der Waals surface area contributed by atoms with Crippen LogP contribution in [0.2, 0.25) is 0 Å². The Morgan fingerprint density at radius 2 is 1.94 bits per heavy atom. The Bertz CT molecular complexity index is 1410. The molecule has 33 heavy (non-hydrogen) atoms. The molecule has 2 aromatic heterocycles. The average Bonchev–Trinajstić information content (AvgIpc) is 3.13. The first-order valence-electron chi connectivity index (χ1n) is 10.0. The Hall–Kier alpha value is -3.34. The number of halogens is 3. The molecule has 11 heteroatoms. The Morgan fingerprint density at radius 1 is 1.15 bits per heavy atom. The SMILES string of the molecule is CCCn1c(SCc2nc3cc(C(=O)OC)ccc3c(=O)[nH]2)nc2ccc(C(F)(F)F)cc21. The number of nitrogens with zero attached hydrogens (tertiary/aromatic N) is 3. The van der Waals surface area contributed by atoms with Gasteiger partial charge in [-0.15, -0.1) is 0 Å². The Morgan fingerprint density at radius 3 is 2.64 bits per heavy atom. The number of hydrogen-bond acceptors (Lipinski definition) is 6. The highest BCUT2D eigenvalue weighted by Crippen LogP contribution is 2.33. The fraction of sp³-hybridized carbons (Fsp3) is 0.273. The number of carbonyl (C=O) groups is 1. The summed E-state index contributed by atoms with van der Waals surface area (Å²) >= 11 is 1.26. The molecule has 4 rings (SSSR count). The highest BCUT2D eigenvalue weighted by atomic mass is 32.2. The van der Waals surface area contributed by atoms with Gasteiger partial charge in [0.1, 0.15) is 5.82 Å². The number of benzene rings is 2. The van der Waals surface area contributed by atoms with Crippen molar-refractivity contribution < 1.29 is 22.7 Å². The van der Waals surface area contributed by atoms with E-state index in [4.69, 9.17) is 4.74 Å². The second kappa shape index (κ2) is 8.89. The Balaban J connectivity index is 1.68. The van der Waals surface area contributed by atoms with Crippen molar-refractivity contribution >= 4 is 39.7 Å². The van der Waals surface area contributed by atoms with Gasteiger partial charge in [0.25, 0.3) is 5.56 Å². The van der Waals surface area contributed by atoms with Gasteiger partial charge in [0.15, 0.2) is 5.16 Å². The van der Waals surface area contributed by atoms with Crippen molar-refractivity contribution in [1.29, 1.82) is 0 Å². The lowest BCUT2D eigenvalue weighted by atomic mass is 10.1. The molecule has 0 amide bonds. The van der Waals surface area contributed by atoms with Gasteiger partial charge in [0.2, 0.25) is 0 Å². The number of rotatable bonds is 6. The number of ether oxygens (including phenoxy) is 1. The fourth-order valence-electron chi connectivity index (χ4n) is 3.46. The zero-order valence-corrected chi connectivity index (χ0v) is 18.5. The summed E-state index contributed by atoms with van der Waals surface area (Å²) in [7, 11) is 1.26. The molecule has 0 fully saturated rings. The van der Waals surface area contributed by atoms with E-state index in [9.17, 15) is 22.8 Å². The van der Waals surface area contributed by atoms with Crippen LogP contribution < -0.4 is 5.56 Å². The third-order valence-corrected chi connectivity index (χ3v) is 5.99. The first-order chi connectivity index (χ1) is 15.7. The van der Waals surface area contributed by atoms with E-state index >= 15 is 0 Å². The second-order valence-corrected chi connectivity index (χ2v) is 8.21. The molecule has 0 unspecified atom stereocenters. The molecule has 4 aromatic rings. The molecule has 0 saturated heterocycles. The zero-order valence-electron chi connectivity index (χ0n) is 17.7. The van der Waals surface area contributed by atoms with Gasteiger partial charge in [-0.25, -0.2) is 14.8 Å². The standard InChI is InChI=1S/C22H19F3N4O3S/c1-3-8-29-17-10-13(22(23,24)25)5-7-15(17)27-21(29)33-11-18-26-16-9-12(20(31)32-2)4-6-14(16)19(30)28-18/h4-7,9-10H,3,8,11H2,1-2H3,(H,26,28,30). The number of aromatic amines is 1. The van der Waals surface area contributed by atoms with Crippen LogP contribution in [0.1, 0.15) is 35.1 Å². The number of H-pyrrole nitrogens is 1. The molecule has 0 aliphatic heterocycles. The lowest BCUT2D eigenvalue weighted by Crippen LogP contribution is -2.12. The molecule has 7 nitrogen and oxygen atoms in total. The van der Waals surface area contributed by atoms with Crippen LogP contribution in [0.15, 0.2) is 46.3 Å². The zero-order chi connectivity index (χ0) is 23.8. The fourth-order valence-corrected chi connectivity index (χ4v) is 4.37. The summed E-state index contributed by atoms with van der Waals surface area (Å²) in [6.45, 7) is 2.42. The maximum atomic E-state index is 13.2. The average molecular weight is 476 g/mol. The van der Waals surface area contributed by atoms with Crippen LogP contribution >= 0.6 is 11.8 Å². The first-order valence-corrected chi connectivity index (χ1v) is 11.0. The quantitative estimate of drug-likeness (QED) is 0.318. The van der Waals surface area contributed by atoms with E-state index in [2.05, 4.69) is 15.0 Å². The molecule has 0 saturated carbocycles. The van der Waals surface area contributed by atoms with Crippen LogP contribution in [-0.4, -0.2) is 32.6 Å². The van der Waals surface area contributed by atoms with E-state index in [0.717, 1.165) is 12.1 Å². The van der Waals surface area contributed by atoms with Crippen molar-refractivity contribution in [2.45, 2.75) is 37.0 Å². The number of imidazole rings is 1. The number of fused-ring (bicyclic) bond motifs is 2. The van der Waals surface area contributed by atoms with E-state index in [1.807, 2.05) is 6.92 Å². The number of aromatic nitrogens is 4. The highest BCUT2D eigenvalue weighted by molar-refractivity contribution is 7.98. The number of hydrogen-bond donors (Lipinski definition) is 1. The monoisotopic (exact) mass is 476 g/mol. The minimum atomic E-state index is -4.44. The van der Waals surface area contributed by atoms with Crippen molar-refractivity contribution in [2.24, 2.45) is 0 Å². The van der Waals surface area contributed by atoms with Gasteiger partial charge < -0.3 is 14.3 Å². The first kappa shape index (κ1) is 22.8. The number of alkyl halides is 3. The number of methoxy groups -OCH3 is 1. The summed E-state index contributed by atoms with van der Waals surface area (Å²) in [4.78, 5) is 35.9. The van der Waals surface area contributed by atoms with E-state index in [1.165, 1.54) is 43.1 Å². The predicted octanol–water partition coefficient (Wildman–Crippen LogP) is 4.78. The van der Waals surface area contributed by atoms with Crippen molar-refractivity contribution in [3.63, 3.8) is 0 Å². The van der Waals surface area contributed by atoms with Gasteiger partial charge in [-0.3, -0.25) is 4.79 Å². The van der Waals surface area contributed by atoms with Crippen LogP contribution in [0.5, 0.6) is 0 Å². The van der Waals surface area contributed by atoms with Gasteiger partial charge in [0, 0.05) is 6.54 Å². The molecule has 172 valence electrons. The summed E-state index contributed by atoms with van der Waals surface area (Å²) in [6, 6.07) is 7.95. The van der Waals surface area contributed by atoms with Crippen molar-refractivity contribution in [3.8, 4) is 0 Å². The second-order valence-electron chi connectivity index (χ2n) is 7.27. The molecule has 0 aliphatic carbocycles. The molecule has 0 radical (unpaired) electrons. The molecule has 2 aromatic carbocycles. The lowest BCUT2D eigenvalue weighted by Gasteiger charge is -2.09. The van der Waals surface area contributed by atoms with Crippen LogP contribution in [0.3, 0.4) is 0 Å². The maximum Gasteiger partial charge on any atom is 0.416 e. The summed E-state index contributed by atoms with van der Waals surface area (Å²) in [5.74, 6) is 0.0410. The van der Waals surface area contributed by atoms with Gasteiger partial charge in [-0.1, -0.05) is 18.7 Å². The highest BCUT2D eigenvalue weighted by Gasteiger charge is 2.31. The molecular weight excluding hydrogens is 457 g/mol. The Labute approximate surface area is 190 Å². The number of aryl methyl sites for hydroxylation is 1. The molecule has 1 N–H and O–H groups in total. The van der Waals surface area contributed by atoms with E-state index in [1.54, 1.807) is 4.57 Å². The predicted molar refractivity (Wildman–Crippen MR) is 118 cm³/mol. The van der Waals surface area contributed by atoms with E-state index in [0.29, 0.717) is 45.9 Å².